The van der Waals surface area contributed by atoms with Crippen LogP contribution in [0.3, 0.4) is 0 Å². The molecule has 2 unspecified atom stereocenters. The molecule has 0 bridgehead atoms. The molecule has 2 atom stereocenters. The second-order valence-corrected chi connectivity index (χ2v) is 8.48. The van der Waals surface area contributed by atoms with E-state index in [1.807, 2.05) is 6.92 Å². The third kappa shape index (κ3) is 6.25. The first kappa shape index (κ1) is 18.3. The molecule has 0 fully saturated rings. The summed E-state index contributed by atoms with van der Waals surface area (Å²) in [5, 5.41) is 0. The van der Waals surface area contributed by atoms with Crippen LogP contribution < -0.4 is 0 Å². The highest BCUT2D eigenvalue weighted by atomic mass is 16.7. The predicted octanol–water partition coefficient (Wildman–Crippen LogP) is 5.70. The minimum Gasteiger partial charge on any atom is -0.470 e. The molecule has 0 spiro atoms. The van der Waals surface area contributed by atoms with E-state index in [0.717, 1.165) is 18.6 Å². The third-order valence-electron chi connectivity index (χ3n) is 4.10. The summed E-state index contributed by atoms with van der Waals surface area (Å²) in [4.78, 5) is 0. The average Bonchev–Trinajstić information content (AvgIpc) is 2.34. The molecule has 0 saturated carbocycles. The van der Waals surface area contributed by atoms with Crippen molar-refractivity contribution in [2.45, 2.75) is 74.0 Å². The molecule has 0 aromatic heterocycles. The smallest absolute Gasteiger partial charge is 0.196 e. The van der Waals surface area contributed by atoms with Crippen molar-refractivity contribution < 1.29 is 9.47 Å². The molecule has 0 aliphatic heterocycles. The Kier molecular flexibility index (Phi) is 6.10. The lowest BCUT2D eigenvalue weighted by molar-refractivity contribution is -0.0824. The maximum atomic E-state index is 5.75. The van der Waals surface area contributed by atoms with Gasteiger partial charge in [-0.05, 0) is 42.6 Å². The molecular formula is C19H34O2. The van der Waals surface area contributed by atoms with Crippen LogP contribution in [0.5, 0.6) is 0 Å². The molecule has 1 aliphatic carbocycles. The normalized spacial score (nSPS) is 19.6. The van der Waals surface area contributed by atoms with Gasteiger partial charge < -0.3 is 9.47 Å². The summed E-state index contributed by atoms with van der Waals surface area (Å²) in [6, 6.07) is 0. The Labute approximate surface area is 131 Å². The number of methoxy groups -OCH3 is 1. The molecule has 0 amide bonds. The van der Waals surface area contributed by atoms with E-state index in [-0.39, 0.29) is 6.29 Å². The van der Waals surface area contributed by atoms with Gasteiger partial charge >= 0.3 is 0 Å². The van der Waals surface area contributed by atoms with E-state index >= 15 is 0 Å². The fourth-order valence-corrected chi connectivity index (χ4v) is 2.89. The van der Waals surface area contributed by atoms with Crippen LogP contribution in [0.25, 0.3) is 0 Å². The van der Waals surface area contributed by atoms with Gasteiger partial charge in [0.1, 0.15) is 0 Å². The van der Waals surface area contributed by atoms with Crippen molar-refractivity contribution in [3.05, 3.63) is 23.5 Å². The second-order valence-electron chi connectivity index (χ2n) is 8.48. The van der Waals surface area contributed by atoms with Crippen molar-refractivity contribution in [2.75, 3.05) is 7.11 Å². The van der Waals surface area contributed by atoms with Crippen LogP contribution in [-0.4, -0.2) is 13.4 Å². The summed E-state index contributed by atoms with van der Waals surface area (Å²) in [6.45, 7) is 16.0. The molecule has 2 nitrogen and oxygen atoms in total. The molecule has 0 aromatic carbocycles. The Hall–Kier alpha value is -0.760. The molecule has 2 heteroatoms. The zero-order chi connectivity index (χ0) is 16.3. The van der Waals surface area contributed by atoms with Crippen LogP contribution in [0.15, 0.2) is 23.5 Å². The van der Waals surface area contributed by atoms with E-state index in [4.69, 9.17) is 9.47 Å². The maximum absolute atomic E-state index is 5.75. The van der Waals surface area contributed by atoms with E-state index in [1.165, 1.54) is 6.42 Å². The summed E-state index contributed by atoms with van der Waals surface area (Å²) in [5.41, 5.74) is 2.21. The topological polar surface area (TPSA) is 18.5 Å². The summed E-state index contributed by atoms with van der Waals surface area (Å²) in [6.07, 6.45) is 7.55. The van der Waals surface area contributed by atoms with Gasteiger partial charge in [-0.2, -0.15) is 0 Å². The molecule has 1 rings (SSSR count). The average molecular weight is 294 g/mol. The Morgan fingerprint density at radius 1 is 1.05 bits per heavy atom. The van der Waals surface area contributed by atoms with E-state index in [2.05, 4.69) is 53.7 Å². The Bertz CT molecular complexity index is 391. The van der Waals surface area contributed by atoms with Crippen molar-refractivity contribution in [3.63, 3.8) is 0 Å². The van der Waals surface area contributed by atoms with E-state index in [9.17, 15) is 0 Å². The van der Waals surface area contributed by atoms with Gasteiger partial charge in [0, 0.05) is 13.5 Å². The number of hydrogen-bond acceptors (Lipinski definition) is 2. The molecule has 0 radical (unpaired) electrons. The molecule has 0 saturated heterocycles. The van der Waals surface area contributed by atoms with Crippen LogP contribution in [-0.2, 0) is 9.47 Å². The highest BCUT2D eigenvalue weighted by molar-refractivity contribution is 5.24. The quantitative estimate of drug-likeness (QED) is 0.606. The maximum Gasteiger partial charge on any atom is 0.196 e. The van der Waals surface area contributed by atoms with Gasteiger partial charge in [0.25, 0.3) is 0 Å². The lowest BCUT2D eigenvalue weighted by Gasteiger charge is -2.38. The highest BCUT2D eigenvalue weighted by Gasteiger charge is 2.32. The standard InChI is InChI=1S/C19H34O2/c1-14(20-8)21-16-11-9-15(10-12-16)17(19(5,6)7)13-18(2,3)4/h9,11,14,17H,10,12-13H2,1-8H3. The van der Waals surface area contributed by atoms with Crippen molar-refractivity contribution in [1.29, 1.82) is 0 Å². The largest absolute Gasteiger partial charge is 0.470 e. The number of allylic oxidation sites excluding steroid dienone is 4. The van der Waals surface area contributed by atoms with E-state index in [0.29, 0.717) is 16.7 Å². The van der Waals surface area contributed by atoms with Gasteiger partial charge in [-0.3, -0.25) is 0 Å². The molecule has 0 N–H and O–H groups in total. The SMILES string of the molecule is COC(C)OC1=CC=C(C(CC(C)(C)C)C(C)(C)C)CC1. The van der Waals surface area contributed by atoms with Crippen LogP contribution >= 0.6 is 0 Å². The molecule has 0 aromatic rings. The van der Waals surface area contributed by atoms with Crippen LogP contribution in [0.4, 0.5) is 0 Å². The summed E-state index contributed by atoms with van der Waals surface area (Å²) >= 11 is 0. The fourth-order valence-electron chi connectivity index (χ4n) is 2.89. The number of ether oxygens (including phenoxy) is 2. The fraction of sp³-hybridized carbons (Fsp3) is 0.789. The van der Waals surface area contributed by atoms with Crippen molar-refractivity contribution in [3.8, 4) is 0 Å². The Morgan fingerprint density at radius 3 is 2.05 bits per heavy atom. The zero-order valence-corrected chi connectivity index (χ0v) is 15.2. The summed E-state index contributed by atoms with van der Waals surface area (Å²) in [7, 11) is 1.67. The van der Waals surface area contributed by atoms with Crippen LogP contribution in [0.1, 0.15) is 67.7 Å². The highest BCUT2D eigenvalue weighted by Crippen LogP contribution is 2.43. The van der Waals surface area contributed by atoms with Crippen LogP contribution in [0, 0.1) is 16.7 Å². The molecule has 1 aliphatic rings. The van der Waals surface area contributed by atoms with Crippen molar-refractivity contribution in [2.24, 2.45) is 16.7 Å². The van der Waals surface area contributed by atoms with Crippen molar-refractivity contribution in [1.82, 2.24) is 0 Å². The van der Waals surface area contributed by atoms with Gasteiger partial charge in [0.15, 0.2) is 6.29 Å². The molecule has 21 heavy (non-hydrogen) atoms. The predicted molar refractivity (Wildman–Crippen MR) is 90.0 cm³/mol. The third-order valence-corrected chi connectivity index (χ3v) is 4.10. The lowest BCUT2D eigenvalue weighted by Crippen LogP contribution is -2.28. The summed E-state index contributed by atoms with van der Waals surface area (Å²) < 4.78 is 10.9. The van der Waals surface area contributed by atoms with E-state index in [1.54, 1.807) is 12.7 Å². The van der Waals surface area contributed by atoms with Crippen molar-refractivity contribution >= 4 is 0 Å². The summed E-state index contributed by atoms with van der Waals surface area (Å²) in [5.74, 6) is 1.66. The molecular weight excluding hydrogens is 260 g/mol. The lowest BCUT2D eigenvalue weighted by atomic mass is 9.67. The Balaban J connectivity index is 2.86. The van der Waals surface area contributed by atoms with Gasteiger partial charge in [-0.15, -0.1) is 0 Å². The number of rotatable bonds is 5. The van der Waals surface area contributed by atoms with E-state index < -0.39 is 0 Å². The zero-order valence-electron chi connectivity index (χ0n) is 15.2. The van der Waals surface area contributed by atoms with Gasteiger partial charge in [0.05, 0.1) is 5.76 Å². The first-order valence-corrected chi connectivity index (χ1v) is 8.12. The first-order valence-electron chi connectivity index (χ1n) is 8.12. The molecule has 0 heterocycles. The molecule has 122 valence electrons. The first-order chi connectivity index (χ1) is 9.53. The number of hydrogen-bond donors (Lipinski definition) is 0. The van der Waals surface area contributed by atoms with Gasteiger partial charge in [0.2, 0.25) is 0 Å². The monoisotopic (exact) mass is 294 g/mol. The minimum atomic E-state index is -0.167. The minimum absolute atomic E-state index is 0.167. The van der Waals surface area contributed by atoms with Crippen LogP contribution in [0.2, 0.25) is 0 Å². The van der Waals surface area contributed by atoms with Gasteiger partial charge in [-0.25, -0.2) is 0 Å². The Morgan fingerprint density at radius 2 is 1.67 bits per heavy atom. The van der Waals surface area contributed by atoms with Gasteiger partial charge in [-0.1, -0.05) is 53.2 Å². The second kappa shape index (κ2) is 7.00.